The van der Waals surface area contributed by atoms with Crippen LogP contribution in [0.25, 0.3) is 0 Å². The summed E-state index contributed by atoms with van der Waals surface area (Å²) >= 11 is 0. The van der Waals surface area contributed by atoms with Crippen LogP contribution in [0.15, 0.2) is 30.3 Å². The first-order valence-corrected chi connectivity index (χ1v) is 3.22. The molecule has 0 bridgehead atoms. The Kier molecular flexibility index (Phi) is 5.68. The Balaban J connectivity index is 0.000000236. The van der Waals surface area contributed by atoms with Gasteiger partial charge in [0.15, 0.2) is 0 Å². The second-order valence-electron chi connectivity index (χ2n) is 1.70. The lowest BCUT2D eigenvalue weighted by Crippen LogP contribution is -1.87. The van der Waals surface area contributed by atoms with E-state index in [0.29, 0.717) is 0 Å². The fourth-order valence-corrected chi connectivity index (χ4v) is 0.415. The minimum atomic E-state index is -0.178. The maximum Gasteiger partial charge on any atom is 0.123 e. The molecule has 0 heterocycles. The van der Waals surface area contributed by atoms with Gasteiger partial charge in [-0.3, -0.25) is 0 Å². The summed E-state index contributed by atoms with van der Waals surface area (Å²) < 4.78 is 11.9. The molecule has 0 atom stereocenters. The van der Waals surface area contributed by atoms with Crippen molar-refractivity contribution in [2.45, 2.75) is 6.92 Å². The highest BCUT2D eigenvalue weighted by Crippen LogP contribution is 1.91. The molecule has 0 fully saturated rings. The molecule has 0 aliphatic heterocycles. The van der Waals surface area contributed by atoms with Gasteiger partial charge in [0, 0.05) is 0 Å². The van der Waals surface area contributed by atoms with E-state index in [2.05, 4.69) is 0 Å². The quantitative estimate of drug-likeness (QED) is 0.585. The van der Waals surface area contributed by atoms with Crippen molar-refractivity contribution in [2.24, 2.45) is 5.73 Å². The van der Waals surface area contributed by atoms with E-state index in [0.717, 1.165) is 6.54 Å². The molecule has 2 heteroatoms. The maximum atomic E-state index is 11.9. The van der Waals surface area contributed by atoms with E-state index in [4.69, 9.17) is 5.73 Å². The van der Waals surface area contributed by atoms with Gasteiger partial charge in [0.25, 0.3) is 0 Å². The molecule has 10 heavy (non-hydrogen) atoms. The van der Waals surface area contributed by atoms with Crippen molar-refractivity contribution >= 4 is 0 Å². The molecular weight excluding hydrogens is 129 g/mol. The Morgan fingerprint density at radius 1 is 1.30 bits per heavy atom. The second kappa shape index (κ2) is 6.23. The van der Waals surface area contributed by atoms with Crippen molar-refractivity contribution in [1.82, 2.24) is 0 Å². The Morgan fingerprint density at radius 2 is 1.70 bits per heavy atom. The summed E-state index contributed by atoms with van der Waals surface area (Å²) in [5.41, 5.74) is 4.85. The van der Waals surface area contributed by atoms with Gasteiger partial charge in [0.2, 0.25) is 0 Å². The van der Waals surface area contributed by atoms with Crippen molar-refractivity contribution in [1.29, 1.82) is 0 Å². The lowest BCUT2D eigenvalue weighted by atomic mass is 10.4. The summed E-state index contributed by atoms with van der Waals surface area (Å²) in [5, 5.41) is 0. The Morgan fingerprint density at radius 3 is 1.90 bits per heavy atom. The lowest BCUT2D eigenvalue weighted by molar-refractivity contribution is 0.628. The van der Waals surface area contributed by atoms with Crippen molar-refractivity contribution in [3.05, 3.63) is 36.1 Å². The Hall–Kier alpha value is -0.890. The van der Waals surface area contributed by atoms with E-state index >= 15 is 0 Å². The van der Waals surface area contributed by atoms with Crippen LogP contribution >= 0.6 is 0 Å². The van der Waals surface area contributed by atoms with Crippen LogP contribution < -0.4 is 5.73 Å². The van der Waals surface area contributed by atoms with Gasteiger partial charge in [0.1, 0.15) is 5.82 Å². The summed E-state index contributed by atoms with van der Waals surface area (Å²) in [5.74, 6) is -0.178. The van der Waals surface area contributed by atoms with Crippen LogP contribution in [0.2, 0.25) is 0 Å². The number of rotatable bonds is 0. The summed E-state index contributed by atoms with van der Waals surface area (Å²) in [6.07, 6.45) is 0. The number of hydrogen-bond donors (Lipinski definition) is 1. The van der Waals surface area contributed by atoms with Gasteiger partial charge in [-0.2, -0.15) is 0 Å². The van der Waals surface area contributed by atoms with Crippen LogP contribution in [0.4, 0.5) is 4.39 Å². The molecule has 1 rings (SSSR count). The fraction of sp³-hybridized carbons (Fsp3) is 0.250. The first-order chi connectivity index (χ1) is 4.81. The van der Waals surface area contributed by atoms with Gasteiger partial charge in [0.05, 0.1) is 0 Å². The molecular formula is C8H12FN. The highest BCUT2D eigenvalue weighted by molar-refractivity contribution is 5.02. The fourth-order valence-electron chi connectivity index (χ4n) is 0.415. The Bertz CT molecular complexity index is 151. The van der Waals surface area contributed by atoms with Gasteiger partial charge in [-0.05, 0) is 18.7 Å². The zero-order valence-electron chi connectivity index (χ0n) is 6.05. The highest BCUT2D eigenvalue weighted by atomic mass is 19.1. The predicted molar refractivity (Wildman–Crippen MR) is 41.1 cm³/mol. The normalized spacial score (nSPS) is 7.90. The average Bonchev–Trinajstić information content (AvgIpc) is 1.91. The molecule has 2 N–H and O–H groups in total. The topological polar surface area (TPSA) is 26.0 Å². The standard InChI is InChI=1S/C6H5F.C2H7N/c7-6-4-2-1-3-5-6;1-2-3/h1-5H;2-3H2,1H3. The van der Waals surface area contributed by atoms with Gasteiger partial charge in [-0.1, -0.05) is 25.1 Å². The van der Waals surface area contributed by atoms with Gasteiger partial charge >= 0.3 is 0 Å². The molecule has 56 valence electrons. The Labute approximate surface area is 60.7 Å². The maximum absolute atomic E-state index is 11.9. The zero-order chi connectivity index (χ0) is 7.82. The molecule has 0 aliphatic carbocycles. The molecule has 0 saturated carbocycles. The molecule has 0 aromatic heterocycles. The van der Waals surface area contributed by atoms with Gasteiger partial charge in [-0.25, -0.2) is 4.39 Å². The van der Waals surface area contributed by atoms with Crippen LogP contribution in [-0.2, 0) is 0 Å². The van der Waals surface area contributed by atoms with Crippen molar-refractivity contribution in [3.8, 4) is 0 Å². The third-order valence-corrected chi connectivity index (χ3v) is 0.733. The summed E-state index contributed by atoms with van der Waals surface area (Å²) in [4.78, 5) is 0. The number of halogens is 1. The number of nitrogens with two attached hydrogens (primary N) is 1. The second-order valence-corrected chi connectivity index (χ2v) is 1.70. The predicted octanol–water partition coefficient (Wildman–Crippen LogP) is 1.79. The third-order valence-electron chi connectivity index (χ3n) is 0.733. The molecule has 0 aliphatic rings. The molecule has 0 amide bonds. The van der Waals surface area contributed by atoms with Crippen LogP contribution in [0, 0.1) is 5.82 Å². The number of hydrogen-bond acceptors (Lipinski definition) is 1. The van der Waals surface area contributed by atoms with Crippen LogP contribution in [0.5, 0.6) is 0 Å². The van der Waals surface area contributed by atoms with E-state index < -0.39 is 0 Å². The minimum Gasteiger partial charge on any atom is -0.331 e. The summed E-state index contributed by atoms with van der Waals surface area (Å²) in [6.45, 7) is 2.65. The smallest absolute Gasteiger partial charge is 0.123 e. The molecule has 0 spiro atoms. The molecule has 1 aromatic rings. The van der Waals surface area contributed by atoms with E-state index in [1.54, 1.807) is 18.2 Å². The molecule has 0 saturated heterocycles. The van der Waals surface area contributed by atoms with Gasteiger partial charge in [-0.15, -0.1) is 0 Å². The zero-order valence-corrected chi connectivity index (χ0v) is 6.05. The van der Waals surface area contributed by atoms with E-state index in [9.17, 15) is 4.39 Å². The molecule has 0 radical (unpaired) electrons. The molecule has 1 aromatic carbocycles. The van der Waals surface area contributed by atoms with Crippen LogP contribution in [0.1, 0.15) is 6.92 Å². The monoisotopic (exact) mass is 141 g/mol. The van der Waals surface area contributed by atoms with Crippen molar-refractivity contribution in [2.75, 3.05) is 6.54 Å². The molecule has 1 nitrogen and oxygen atoms in total. The van der Waals surface area contributed by atoms with E-state index in [1.807, 2.05) is 6.92 Å². The first kappa shape index (κ1) is 9.11. The summed E-state index contributed by atoms with van der Waals surface area (Å²) in [6, 6.07) is 7.94. The first-order valence-electron chi connectivity index (χ1n) is 3.22. The average molecular weight is 141 g/mol. The number of benzene rings is 1. The van der Waals surface area contributed by atoms with Crippen molar-refractivity contribution < 1.29 is 4.39 Å². The lowest BCUT2D eigenvalue weighted by Gasteiger charge is -1.78. The summed E-state index contributed by atoms with van der Waals surface area (Å²) in [7, 11) is 0. The SMILES string of the molecule is CCN.Fc1ccccc1. The van der Waals surface area contributed by atoms with Crippen LogP contribution in [0.3, 0.4) is 0 Å². The highest BCUT2D eigenvalue weighted by Gasteiger charge is 1.77. The molecule has 0 unspecified atom stereocenters. The minimum absolute atomic E-state index is 0.178. The van der Waals surface area contributed by atoms with Crippen LogP contribution in [-0.4, -0.2) is 6.54 Å². The van der Waals surface area contributed by atoms with E-state index in [1.165, 1.54) is 12.1 Å². The van der Waals surface area contributed by atoms with Crippen molar-refractivity contribution in [3.63, 3.8) is 0 Å². The van der Waals surface area contributed by atoms with Gasteiger partial charge < -0.3 is 5.73 Å². The third kappa shape index (κ3) is 5.25. The largest absolute Gasteiger partial charge is 0.331 e. The van der Waals surface area contributed by atoms with E-state index in [-0.39, 0.29) is 5.82 Å².